The van der Waals surface area contributed by atoms with E-state index in [2.05, 4.69) is 26.0 Å². The molecule has 112 valence electrons. The van der Waals surface area contributed by atoms with Gasteiger partial charge in [-0.2, -0.15) is 0 Å². The zero-order chi connectivity index (χ0) is 15.6. The zero-order valence-electron chi connectivity index (χ0n) is 12.1. The normalized spacial score (nSPS) is 11.2. The van der Waals surface area contributed by atoms with Crippen LogP contribution in [0.15, 0.2) is 45.8 Å². The summed E-state index contributed by atoms with van der Waals surface area (Å²) in [7, 11) is -1.82. The molecule has 2 rings (SSSR count). The highest BCUT2D eigenvalue weighted by atomic mass is 79.9. The van der Waals surface area contributed by atoms with Crippen LogP contribution in [0.4, 0.5) is 11.4 Å². The highest BCUT2D eigenvalue weighted by Gasteiger charge is 2.17. The van der Waals surface area contributed by atoms with Crippen LogP contribution in [0.3, 0.4) is 0 Å². The number of hydrogen-bond donors (Lipinski definition) is 2. The molecule has 0 bridgehead atoms. The van der Waals surface area contributed by atoms with E-state index in [1.54, 1.807) is 31.3 Å². The molecule has 4 nitrogen and oxygen atoms in total. The highest BCUT2D eigenvalue weighted by molar-refractivity contribution is 9.10. The molecule has 0 heterocycles. The van der Waals surface area contributed by atoms with Crippen LogP contribution < -0.4 is 10.0 Å². The first-order valence-electron chi connectivity index (χ1n) is 6.41. The first kappa shape index (κ1) is 15.9. The number of hydrogen-bond acceptors (Lipinski definition) is 3. The molecule has 2 N–H and O–H groups in total. The molecule has 0 atom stereocenters. The average molecular weight is 369 g/mol. The molecule has 0 saturated heterocycles. The van der Waals surface area contributed by atoms with Crippen LogP contribution in [0.25, 0.3) is 0 Å². The van der Waals surface area contributed by atoms with Crippen molar-refractivity contribution in [2.75, 3.05) is 17.1 Å². The van der Waals surface area contributed by atoms with Crippen LogP contribution in [-0.2, 0) is 10.0 Å². The minimum absolute atomic E-state index is 0.230. The molecule has 0 unspecified atom stereocenters. The van der Waals surface area contributed by atoms with E-state index < -0.39 is 10.0 Å². The summed E-state index contributed by atoms with van der Waals surface area (Å²) < 4.78 is 28.2. The predicted octanol–water partition coefficient (Wildman–Crippen LogP) is 3.91. The van der Waals surface area contributed by atoms with Crippen molar-refractivity contribution in [1.82, 2.24) is 0 Å². The molecular formula is C15H17BrN2O2S. The third-order valence-electron chi connectivity index (χ3n) is 3.12. The first-order chi connectivity index (χ1) is 9.83. The van der Waals surface area contributed by atoms with E-state index in [4.69, 9.17) is 0 Å². The van der Waals surface area contributed by atoms with Crippen LogP contribution in [0.1, 0.15) is 11.1 Å². The van der Waals surface area contributed by atoms with Gasteiger partial charge in [-0.05, 0) is 71.2 Å². The highest BCUT2D eigenvalue weighted by Crippen LogP contribution is 2.30. The van der Waals surface area contributed by atoms with Crippen LogP contribution in [0.5, 0.6) is 0 Å². The second-order valence-electron chi connectivity index (χ2n) is 4.82. The molecule has 2 aromatic rings. The number of nitrogens with one attached hydrogen (secondary N) is 2. The molecule has 0 fully saturated rings. The molecule has 0 aromatic heterocycles. The molecule has 0 aliphatic heterocycles. The van der Waals surface area contributed by atoms with Crippen LogP contribution in [0, 0.1) is 13.8 Å². The Labute approximate surface area is 133 Å². The Morgan fingerprint density at radius 3 is 2.19 bits per heavy atom. The standard InChI is InChI=1S/C15H17BrN2O2S/c1-10-8-11(2)15(14(16)9-10)18-21(19,20)13-6-4-12(17-3)5-7-13/h4-9,17-18H,1-3H3. The fourth-order valence-corrected chi connectivity index (χ4v) is 4.10. The molecule has 2 aromatic carbocycles. The van der Waals surface area contributed by atoms with E-state index in [0.717, 1.165) is 21.3 Å². The number of benzene rings is 2. The maximum Gasteiger partial charge on any atom is 0.261 e. The molecule has 0 aliphatic rings. The maximum atomic E-state index is 12.4. The lowest BCUT2D eigenvalue weighted by Crippen LogP contribution is -2.14. The van der Waals surface area contributed by atoms with Gasteiger partial charge in [-0.1, -0.05) is 6.07 Å². The predicted molar refractivity (Wildman–Crippen MR) is 90.4 cm³/mol. The Morgan fingerprint density at radius 1 is 1.05 bits per heavy atom. The smallest absolute Gasteiger partial charge is 0.261 e. The van der Waals surface area contributed by atoms with Gasteiger partial charge in [0.25, 0.3) is 10.0 Å². The molecular weight excluding hydrogens is 352 g/mol. The van der Waals surface area contributed by atoms with Crippen molar-refractivity contribution in [3.63, 3.8) is 0 Å². The van der Waals surface area contributed by atoms with Crippen molar-refractivity contribution in [2.45, 2.75) is 18.7 Å². The summed E-state index contributed by atoms with van der Waals surface area (Å²) in [6.45, 7) is 3.84. The molecule has 0 radical (unpaired) electrons. The molecule has 0 saturated carbocycles. The van der Waals surface area contributed by atoms with Gasteiger partial charge in [0.05, 0.1) is 10.6 Å². The van der Waals surface area contributed by atoms with Crippen LogP contribution in [0.2, 0.25) is 0 Å². The molecule has 0 aliphatic carbocycles. The number of sulfonamides is 1. The average Bonchev–Trinajstić information content (AvgIpc) is 2.43. The summed E-state index contributed by atoms with van der Waals surface area (Å²) in [5.41, 5.74) is 3.37. The van der Waals surface area contributed by atoms with Gasteiger partial charge in [0.2, 0.25) is 0 Å². The Balaban J connectivity index is 2.37. The van der Waals surface area contributed by atoms with E-state index in [1.165, 1.54) is 0 Å². The van der Waals surface area contributed by atoms with Gasteiger partial charge < -0.3 is 5.32 Å². The summed E-state index contributed by atoms with van der Waals surface area (Å²) >= 11 is 3.41. The van der Waals surface area contributed by atoms with E-state index >= 15 is 0 Å². The SMILES string of the molecule is CNc1ccc(S(=O)(=O)Nc2c(C)cc(C)cc2Br)cc1. The van der Waals surface area contributed by atoms with Crippen molar-refractivity contribution in [2.24, 2.45) is 0 Å². The van der Waals surface area contributed by atoms with E-state index in [-0.39, 0.29) is 4.90 Å². The van der Waals surface area contributed by atoms with Crippen molar-refractivity contribution < 1.29 is 8.42 Å². The molecule has 6 heteroatoms. The second kappa shape index (κ2) is 6.07. The number of rotatable bonds is 4. The number of anilines is 2. The van der Waals surface area contributed by atoms with Crippen molar-refractivity contribution in [3.8, 4) is 0 Å². The van der Waals surface area contributed by atoms with E-state index in [1.807, 2.05) is 26.0 Å². The van der Waals surface area contributed by atoms with Gasteiger partial charge >= 0.3 is 0 Å². The maximum absolute atomic E-state index is 12.4. The largest absolute Gasteiger partial charge is 0.388 e. The summed E-state index contributed by atoms with van der Waals surface area (Å²) in [5, 5.41) is 2.96. The number of halogens is 1. The van der Waals surface area contributed by atoms with E-state index in [9.17, 15) is 8.42 Å². The third kappa shape index (κ3) is 3.57. The minimum Gasteiger partial charge on any atom is -0.388 e. The molecule has 0 amide bonds. The first-order valence-corrected chi connectivity index (χ1v) is 8.68. The van der Waals surface area contributed by atoms with Crippen molar-refractivity contribution in [3.05, 3.63) is 52.0 Å². The summed E-state index contributed by atoms with van der Waals surface area (Å²) in [6, 6.07) is 10.4. The van der Waals surface area contributed by atoms with Gasteiger partial charge in [0, 0.05) is 17.2 Å². The minimum atomic E-state index is -3.60. The number of aryl methyl sites for hydroxylation is 2. The van der Waals surface area contributed by atoms with Crippen LogP contribution >= 0.6 is 15.9 Å². The van der Waals surface area contributed by atoms with Crippen LogP contribution in [-0.4, -0.2) is 15.5 Å². The fraction of sp³-hybridized carbons (Fsp3) is 0.200. The third-order valence-corrected chi connectivity index (χ3v) is 5.11. The van der Waals surface area contributed by atoms with Crippen molar-refractivity contribution in [1.29, 1.82) is 0 Å². The Morgan fingerprint density at radius 2 is 1.67 bits per heavy atom. The Bertz CT molecular complexity index is 733. The monoisotopic (exact) mass is 368 g/mol. The van der Waals surface area contributed by atoms with Gasteiger partial charge in [0.1, 0.15) is 0 Å². The fourth-order valence-electron chi connectivity index (χ4n) is 2.04. The van der Waals surface area contributed by atoms with E-state index in [0.29, 0.717) is 5.69 Å². The van der Waals surface area contributed by atoms with Gasteiger partial charge in [-0.15, -0.1) is 0 Å². The lowest BCUT2D eigenvalue weighted by atomic mass is 10.1. The summed E-state index contributed by atoms with van der Waals surface area (Å²) in [4.78, 5) is 0.230. The summed E-state index contributed by atoms with van der Waals surface area (Å²) in [5.74, 6) is 0. The molecule has 21 heavy (non-hydrogen) atoms. The summed E-state index contributed by atoms with van der Waals surface area (Å²) in [6.07, 6.45) is 0. The Kier molecular flexibility index (Phi) is 4.58. The quantitative estimate of drug-likeness (QED) is 0.859. The topological polar surface area (TPSA) is 58.2 Å². The van der Waals surface area contributed by atoms with Gasteiger partial charge in [0.15, 0.2) is 0 Å². The second-order valence-corrected chi connectivity index (χ2v) is 7.36. The zero-order valence-corrected chi connectivity index (χ0v) is 14.5. The lowest BCUT2D eigenvalue weighted by Gasteiger charge is -2.13. The lowest BCUT2D eigenvalue weighted by molar-refractivity contribution is 0.601. The Hall–Kier alpha value is -1.53. The van der Waals surface area contributed by atoms with Gasteiger partial charge in [-0.25, -0.2) is 8.42 Å². The van der Waals surface area contributed by atoms with Crippen molar-refractivity contribution >= 4 is 37.3 Å². The molecule has 0 spiro atoms. The van der Waals surface area contributed by atoms with Gasteiger partial charge in [-0.3, -0.25) is 4.72 Å².